The third-order valence-corrected chi connectivity index (χ3v) is 9.39. The monoisotopic (exact) mass is 823 g/mol. The standard InChI is InChI=1S/C39H57N5O10S.ClH/c1-25(2)24-53-39(50)54-35-26(3)16-17-29(27(35)4)22-31(41)38(49)44(37(48)30(40)18-20-55(6)51)23-33(45)43-32(21-28-13-9-7-10-14-28)36(47)42-19-12-8-11-15-34(46)52-5;/h7,9-10,13-14,16-17,25,30-32H,8,11-12,15,18-24,40-41H2,1-6H3,(H,42,47)(H,43,45);1H/t30-,31+,32+,55?;/m1./s1. The minimum absolute atomic E-state index is 0. The quantitative estimate of drug-likeness (QED) is 0.0764. The Hall–Kier alpha value is -4.38. The Kier molecular flexibility index (Phi) is 22.8. The summed E-state index contributed by atoms with van der Waals surface area (Å²) in [6.07, 6.45) is 2.68. The maximum atomic E-state index is 13.9. The van der Waals surface area contributed by atoms with Crippen LogP contribution < -0.4 is 26.8 Å². The highest BCUT2D eigenvalue weighted by Crippen LogP contribution is 2.28. The molecule has 4 amide bonds. The number of carbonyl (C=O) groups excluding carboxylic acids is 6. The van der Waals surface area contributed by atoms with Crippen LogP contribution in [0.2, 0.25) is 0 Å². The highest BCUT2D eigenvalue weighted by molar-refractivity contribution is 7.84. The van der Waals surface area contributed by atoms with E-state index in [1.54, 1.807) is 50.2 Å². The van der Waals surface area contributed by atoms with Gasteiger partial charge < -0.3 is 36.3 Å². The van der Waals surface area contributed by atoms with Crippen molar-refractivity contribution in [3.63, 3.8) is 0 Å². The van der Waals surface area contributed by atoms with Gasteiger partial charge in [-0.1, -0.05) is 62.7 Å². The number of aryl methyl sites for hydroxylation is 1. The van der Waals surface area contributed by atoms with Gasteiger partial charge in [0.05, 0.1) is 25.8 Å². The van der Waals surface area contributed by atoms with E-state index < -0.39 is 65.3 Å². The number of methoxy groups -OCH3 is 1. The van der Waals surface area contributed by atoms with Gasteiger partial charge >= 0.3 is 12.1 Å². The van der Waals surface area contributed by atoms with Crippen molar-refractivity contribution in [3.05, 3.63) is 64.7 Å². The summed E-state index contributed by atoms with van der Waals surface area (Å²) in [4.78, 5) is 78.9. The average molecular weight is 824 g/mol. The second kappa shape index (κ2) is 25.7. The van der Waals surface area contributed by atoms with E-state index in [4.69, 9.17) is 20.9 Å². The SMILES string of the molecule is COC(=O)CCCCCNC(=O)[C@H](Cc1ccccc1)NC(=O)CN(C(=O)[C@H](N)CCS(C)=O)C(=O)[C@@H](N)Cc1ccc(C)c(OC(=O)OCC(C)C)c1C.Cl. The van der Waals surface area contributed by atoms with E-state index in [9.17, 15) is 33.0 Å². The number of nitrogens with one attached hydrogen (secondary N) is 2. The van der Waals surface area contributed by atoms with Crippen molar-refractivity contribution in [2.45, 2.75) is 90.8 Å². The third-order valence-electron chi connectivity index (χ3n) is 8.58. The van der Waals surface area contributed by atoms with Gasteiger partial charge in [-0.2, -0.15) is 0 Å². The summed E-state index contributed by atoms with van der Waals surface area (Å²) < 4.78 is 27.1. The van der Waals surface area contributed by atoms with Gasteiger partial charge in [-0.15, -0.1) is 12.4 Å². The number of nitrogens with zero attached hydrogens (tertiary/aromatic N) is 1. The number of esters is 1. The molecular formula is C39H58ClN5O10S. The lowest BCUT2D eigenvalue weighted by atomic mass is 9.97. The Balaban J connectivity index is 0.0000157. The summed E-state index contributed by atoms with van der Waals surface area (Å²) in [6.45, 7) is 6.89. The van der Waals surface area contributed by atoms with E-state index in [0.717, 1.165) is 5.56 Å². The lowest BCUT2D eigenvalue weighted by Gasteiger charge is -2.27. The number of rotatable bonds is 22. The molecule has 0 aliphatic heterocycles. The summed E-state index contributed by atoms with van der Waals surface area (Å²) in [7, 11) is 0.0436. The normalized spacial score (nSPS) is 12.9. The van der Waals surface area contributed by atoms with Gasteiger partial charge in [-0.3, -0.25) is 33.1 Å². The van der Waals surface area contributed by atoms with Gasteiger partial charge in [-0.05, 0) is 67.7 Å². The molecule has 0 bridgehead atoms. The van der Waals surface area contributed by atoms with Crippen LogP contribution in [0.1, 0.15) is 68.2 Å². The fraction of sp³-hybridized carbons (Fsp3) is 0.538. The summed E-state index contributed by atoms with van der Waals surface area (Å²) >= 11 is 0. The number of hydrogen-bond acceptors (Lipinski definition) is 12. The molecule has 2 rings (SSSR count). The molecule has 312 valence electrons. The number of benzene rings is 2. The zero-order valence-electron chi connectivity index (χ0n) is 33.1. The molecule has 0 spiro atoms. The van der Waals surface area contributed by atoms with Gasteiger partial charge in [-0.25, -0.2) is 4.79 Å². The lowest BCUT2D eigenvalue weighted by Crippen LogP contribution is -2.57. The maximum Gasteiger partial charge on any atom is 0.513 e. The Labute approximate surface area is 338 Å². The first-order valence-electron chi connectivity index (χ1n) is 18.3. The number of nitrogens with two attached hydrogens (primary N) is 2. The lowest BCUT2D eigenvalue weighted by molar-refractivity contribution is -0.149. The molecule has 0 saturated heterocycles. The number of halogens is 1. The van der Waals surface area contributed by atoms with Crippen molar-refractivity contribution in [2.75, 3.05) is 38.8 Å². The van der Waals surface area contributed by atoms with Crippen LogP contribution in [-0.4, -0.2) is 102 Å². The molecule has 2 aromatic rings. The molecule has 0 saturated carbocycles. The van der Waals surface area contributed by atoms with E-state index in [1.807, 2.05) is 19.9 Å². The number of ether oxygens (including phenoxy) is 3. The van der Waals surface area contributed by atoms with Crippen molar-refractivity contribution in [1.29, 1.82) is 0 Å². The van der Waals surface area contributed by atoms with Gasteiger partial charge in [0, 0.05) is 42.2 Å². The number of hydrogen-bond donors (Lipinski definition) is 4. The predicted molar refractivity (Wildman–Crippen MR) is 215 cm³/mol. The van der Waals surface area contributed by atoms with Crippen LogP contribution in [-0.2, 0) is 57.1 Å². The van der Waals surface area contributed by atoms with Crippen molar-refractivity contribution >= 4 is 59.0 Å². The Bertz CT molecular complexity index is 1650. The van der Waals surface area contributed by atoms with Crippen molar-refractivity contribution in [3.8, 4) is 5.75 Å². The van der Waals surface area contributed by atoms with E-state index >= 15 is 0 Å². The molecule has 15 nitrogen and oxygen atoms in total. The fourth-order valence-electron chi connectivity index (χ4n) is 5.45. The number of amides is 4. The molecule has 56 heavy (non-hydrogen) atoms. The Morgan fingerprint density at radius 2 is 1.55 bits per heavy atom. The minimum Gasteiger partial charge on any atom is -0.469 e. The zero-order valence-corrected chi connectivity index (χ0v) is 34.8. The maximum absolute atomic E-state index is 13.9. The molecule has 17 heteroatoms. The Morgan fingerprint density at radius 1 is 0.893 bits per heavy atom. The third kappa shape index (κ3) is 17.6. The molecule has 1 unspecified atom stereocenters. The van der Waals surface area contributed by atoms with Crippen LogP contribution >= 0.6 is 12.4 Å². The molecule has 0 heterocycles. The average Bonchev–Trinajstić information content (AvgIpc) is 3.15. The largest absolute Gasteiger partial charge is 0.513 e. The van der Waals surface area contributed by atoms with E-state index in [1.165, 1.54) is 13.4 Å². The first-order chi connectivity index (χ1) is 26.0. The van der Waals surface area contributed by atoms with Crippen LogP contribution in [0.5, 0.6) is 5.75 Å². The topological polar surface area (TPSA) is 227 Å². The molecular weight excluding hydrogens is 766 g/mol. The number of carbonyl (C=O) groups is 6. The van der Waals surface area contributed by atoms with E-state index in [0.29, 0.717) is 40.9 Å². The summed E-state index contributed by atoms with van der Waals surface area (Å²) in [6, 6.07) is 8.74. The highest BCUT2D eigenvalue weighted by Gasteiger charge is 2.33. The number of unbranched alkanes of at least 4 members (excludes halogenated alkanes) is 2. The molecule has 0 radical (unpaired) electrons. The van der Waals surface area contributed by atoms with Gasteiger partial charge in [0.25, 0.3) is 0 Å². The van der Waals surface area contributed by atoms with Gasteiger partial charge in [0.2, 0.25) is 23.6 Å². The van der Waals surface area contributed by atoms with Crippen LogP contribution in [0.4, 0.5) is 4.79 Å². The highest BCUT2D eigenvalue weighted by atomic mass is 35.5. The second-order valence-electron chi connectivity index (χ2n) is 13.8. The molecule has 0 aromatic heterocycles. The first-order valence-corrected chi connectivity index (χ1v) is 20.0. The minimum atomic E-state index is -1.34. The zero-order chi connectivity index (χ0) is 41.1. The van der Waals surface area contributed by atoms with E-state index in [-0.39, 0.29) is 74.6 Å². The summed E-state index contributed by atoms with van der Waals surface area (Å²) in [5.74, 6) is -2.96. The molecule has 0 aliphatic rings. The van der Waals surface area contributed by atoms with Crippen LogP contribution in [0.25, 0.3) is 0 Å². The number of imide groups is 1. The molecule has 2 aromatic carbocycles. The summed E-state index contributed by atoms with van der Waals surface area (Å²) in [5.41, 5.74) is 15.0. The van der Waals surface area contributed by atoms with Gasteiger partial charge in [0.1, 0.15) is 18.3 Å². The van der Waals surface area contributed by atoms with Crippen molar-refractivity contribution in [2.24, 2.45) is 17.4 Å². The Morgan fingerprint density at radius 3 is 2.18 bits per heavy atom. The van der Waals surface area contributed by atoms with Crippen molar-refractivity contribution in [1.82, 2.24) is 15.5 Å². The van der Waals surface area contributed by atoms with E-state index in [2.05, 4.69) is 15.4 Å². The van der Waals surface area contributed by atoms with Crippen molar-refractivity contribution < 1.29 is 47.2 Å². The van der Waals surface area contributed by atoms with Crippen LogP contribution in [0, 0.1) is 19.8 Å². The molecule has 0 aliphatic carbocycles. The van der Waals surface area contributed by atoms with Gasteiger partial charge in [0.15, 0.2) is 0 Å². The van der Waals surface area contributed by atoms with Crippen LogP contribution in [0.3, 0.4) is 0 Å². The molecule has 6 N–H and O–H groups in total. The first kappa shape index (κ1) is 49.6. The molecule has 4 atom stereocenters. The smallest absolute Gasteiger partial charge is 0.469 e. The van der Waals surface area contributed by atoms with Crippen LogP contribution in [0.15, 0.2) is 42.5 Å². The predicted octanol–water partition coefficient (Wildman–Crippen LogP) is 2.79. The fourth-order valence-corrected chi connectivity index (χ4v) is 6.04. The summed E-state index contributed by atoms with van der Waals surface area (Å²) in [5, 5.41) is 5.48. The molecule has 0 fully saturated rings. The second-order valence-corrected chi connectivity index (χ2v) is 15.3.